The van der Waals surface area contributed by atoms with Crippen molar-refractivity contribution < 1.29 is 13.9 Å². The molecule has 1 N–H and O–H groups in total. The minimum atomic E-state index is -0.258. The van der Waals surface area contributed by atoms with Crippen LogP contribution in [0.1, 0.15) is 21.7 Å². The number of hydrogen-bond acceptors (Lipinski definition) is 6. The van der Waals surface area contributed by atoms with Gasteiger partial charge in [-0.3, -0.25) is 4.79 Å². The van der Waals surface area contributed by atoms with Crippen molar-refractivity contribution >= 4 is 22.6 Å². The number of carbonyl (C=O) groups is 1. The van der Waals surface area contributed by atoms with Gasteiger partial charge in [-0.05, 0) is 60.2 Å². The number of fused-ring (bicyclic) bond motifs is 1. The number of carbonyl (C=O) groups excluding carboxylic acids is 1. The molecule has 4 aromatic rings. The van der Waals surface area contributed by atoms with E-state index in [0.717, 1.165) is 11.3 Å². The number of anilines is 1. The molecule has 4 rings (SSSR count). The highest BCUT2D eigenvalue weighted by molar-refractivity contribution is 6.13. The maximum Gasteiger partial charge on any atom is 0.259 e. The lowest BCUT2D eigenvalue weighted by Gasteiger charge is -2.09. The van der Waals surface area contributed by atoms with E-state index in [1.165, 1.54) is 6.33 Å². The van der Waals surface area contributed by atoms with Gasteiger partial charge in [0.15, 0.2) is 0 Å². The Hall–Kier alpha value is -3.68. The lowest BCUT2D eigenvalue weighted by molar-refractivity contribution is 0.102. The van der Waals surface area contributed by atoms with Crippen LogP contribution in [0.5, 0.6) is 5.75 Å². The molecule has 8 heteroatoms. The predicted octanol–water partition coefficient (Wildman–Crippen LogP) is 3.29. The number of rotatable bonds is 4. The van der Waals surface area contributed by atoms with E-state index in [0.29, 0.717) is 33.7 Å². The molecule has 0 spiro atoms. The zero-order valence-electron chi connectivity index (χ0n) is 15.1. The summed E-state index contributed by atoms with van der Waals surface area (Å²) in [7, 11) is 1.58. The fourth-order valence-electron chi connectivity index (χ4n) is 3.01. The summed E-state index contributed by atoms with van der Waals surface area (Å²) >= 11 is 0. The molecular formula is C19H17N5O3. The molecule has 0 aliphatic rings. The number of aryl methyl sites for hydroxylation is 2. The van der Waals surface area contributed by atoms with Crippen molar-refractivity contribution in [1.29, 1.82) is 0 Å². The first-order chi connectivity index (χ1) is 13.1. The average molecular weight is 363 g/mol. The zero-order chi connectivity index (χ0) is 19.0. The Morgan fingerprint density at radius 1 is 1.19 bits per heavy atom. The van der Waals surface area contributed by atoms with Crippen LogP contribution in [-0.2, 0) is 0 Å². The number of ether oxygens (including phenoxy) is 1. The number of benzene rings is 2. The summed E-state index contributed by atoms with van der Waals surface area (Å²) in [6.07, 6.45) is 1.51. The van der Waals surface area contributed by atoms with Crippen molar-refractivity contribution in [2.45, 2.75) is 13.8 Å². The molecule has 136 valence electrons. The number of methoxy groups -OCH3 is 1. The minimum Gasteiger partial charge on any atom is -0.497 e. The van der Waals surface area contributed by atoms with Crippen LogP contribution in [0.4, 0.5) is 5.69 Å². The largest absolute Gasteiger partial charge is 0.497 e. The van der Waals surface area contributed by atoms with Gasteiger partial charge in [0.05, 0.1) is 18.4 Å². The molecule has 0 aliphatic heterocycles. The second-order valence-electron chi connectivity index (χ2n) is 6.11. The van der Waals surface area contributed by atoms with Gasteiger partial charge in [-0.25, -0.2) is 4.68 Å². The van der Waals surface area contributed by atoms with Crippen molar-refractivity contribution in [3.05, 3.63) is 59.6 Å². The Balaban J connectivity index is 1.70. The number of nitrogens with one attached hydrogen (secondary N) is 1. The molecule has 0 atom stereocenters. The standard InChI is InChI=1S/C19H17N5O3/c1-11-4-5-13(8-16(11)24-10-20-22-23-24)21-19(25)18-12(2)27-17-7-6-14(26-3)9-15(17)18/h4-10H,1-3H3,(H,21,25). The van der Waals surface area contributed by atoms with Gasteiger partial charge in [0.2, 0.25) is 0 Å². The van der Waals surface area contributed by atoms with Crippen LogP contribution in [-0.4, -0.2) is 33.2 Å². The van der Waals surface area contributed by atoms with Crippen LogP contribution in [0.3, 0.4) is 0 Å². The summed E-state index contributed by atoms with van der Waals surface area (Å²) in [5.74, 6) is 0.947. The van der Waals surface area contributed by atoms with Gasteiger partial charge in [0, 0.05) is 11.1 Å². The number of aromatic nitrogens is 4. The van der Waals surface area contributed by atoms with Crippen molar-refractivity contribution in [1.82, 2.24) is 20.2 Å². The molecule has 0 aliphatic carbocycles. The zero-order valence-corrected chi connectivity index (χ0v) is 15.1. The lowest BCUT2D eigenvalue weighted by Crippen LogP contribution is -2.13. The number of nitrogens with zero attached hydrogens (tertiary/aromatic N) is 4. The molecule has 0 saturated carbocycles. The number of furan rings is 1. The van der Waals surface area contributed by atoms with Crippen molar-refractivity contribution in [2.24, 2.45) is 0 Å². The van der Waals surface area contributed by atoms with Crippen LogP contribution in [0.25, 0.3) is 16.7 Å². The van der Waals surface area contributed by atoms with E-state index in [4.69, 9.17) is 9.15 Å². The van der Waals surface area contributed by atoms with Crippen LogP contribution in [0, 0.1) is 13.8 Å². The first-order valence-corrected chi connectivity index (χ1v) is 8.29. The predicted molar refractivity (Wildman–Crippen MR) is 99.3 cm³/mol. The monoisotopic (exact) mass is 363 g/mol. The van der Waals surface area contributed by atoms with E-state index in [1.807, 2.05) is 25.1 Å². The SMILES string of the molecule is COc1ccc2oc(C)c(C(=O)Nc3ccc(C)c(-n4cnnn4)c3)c2c1. The smallest absolute Gasteiger partial charge is 0.259 e. The van der Waals surface area contributed by atoms with Crippen molar-refractivity contribution in [3.8, 4) is 11.4 Å². The van der Waals surface area contributed by atoms with Crippen molar-refractivity contribution in [2.75, 3.05) is 12.4 Å². The third-order valence-electron chi connectivity index (χ3n) is 4.36. The van der Waals surface area contributed by atoms with Gasteiger partial charge in [-0.2, -0.15) is 0 Å². The van der Waals surface area contributed by atoms with Gasteiger partial charge < -0.3 is 14.5 Å². The molecule has 8 nitrogen and oxygen atoms in total. The van der Waals surface area contributed by atoms with E-state index in [2.05, 4.69) is 20.8 Å². The lowest BCUT2D eigenvalue weighted by atomic mass is 10.1. The van der Waals surface area contributed by atoms with E-state index >= 15 is 0 Å². The summed E-state index contributed by atoms with van der Waals surface area (Å²) in [6, 6.07) is 10.9. The second-order valence-corrected chi connectivity index (χ2v) is 6.11. The average Bonchev–Trinajstić information content (AvgIpc) is 3.29. The highest BCUT2D eigenvalue weighted by Gasteiger charge is 2.19. The molecule has 2 aromatic carbocycles. The van der Waals surface area contributed by atoms with Gasteiger partial charge in [-0.15, -0.1) is 5.10 Å². The maximum atomic E-state index is 12.9. The normalized spacial score (nSPS) is 10.9. The number of tetrazole rings is 1. The molecule has 0 radical (unpaired) electrons. The molecule has 0 unspecified atom stereocenters. The third kappa shape index (κ3) is 3.01. The topological polar surface area (TPSA) is 95.1 Å². The first-order valence-electron chi connectivity index (χ1n) is 8.29. The Labute approximate surface area is 154 Å². The molecule has 2 heterocycles. The Morgan fingerprint density at radius 2 is 2.04 bits per heavy atom. The van der Waals surface area contributed by atoms with Gasteiger partial charge >= 0.3 is 0 Å². The number of hydrogen-bond donors (Lipinski definition) is 1. The van der Waals surface area contributed by atoms with E-state index in [9.17, 15) is 4.79 Å². The number of amides is 1. The summed E-state index contributed by atoms with van der Waals surface area (Å²) in [5.41, 5.74) is 3.51. The summed E-state index contributed by atoms with van der Waals surface area (Å²) in [4.78, 5) is 12.9. The molecule has 27 heavy (non-hydrogen) atoms. The molecule has 2 aromatic heterocycles. The molecule has 1 amide bonds. The quantitative estimate of drug-likeness (QED) is 0.598. The Morgan fingerprint density at radius 3 is 2.78 bits per heavy atom. The van der Waals surface area contributed by atoms with E-state index in [-0.39, 0.29) is 5.91 Å². The second kappa shape index (κ2) is 6.56. The van der Waals surface area contributed by atoms with Gasteiger partial charge in [0.1, 0.15) is 23.4 Å². The van der Waals surface area contributed by atoms with Crippen molar-refractivity contribution in [3.63, 3.8) is 0 Å². The van der Waals surface area contributed by atoms with Crippen LogP contribution in [0.2, 0.25) is 0 Å². The fraction of sp³-hybridized carbons (Fsp3) is 0.158. The van der Waals surface area contributed by atoms with Crippen LogP contribution >= 0.6 is 0 Å². The van der Waals surface area contributed by atoms with E-state index in [1.54, 1.807) is 36.9 Å². The molecule has 0 fully saturated rings. The van der Waals surface area contributed by atoms with Crippen LogP contribution in [0.15, 0.2) is 47.1 Å². The van der Waals surface area contributed by atoms with Crippen LogP contribution < -0.4 is 10.1 Å². The Bertz CT molecular complexity index is 1130. The molecule has 0 bridgehead atoms. The highest BCUT2D eigenvalue weighted by Crippen LogP contribution is 2.30. The maximum absolute atomic E-state index is 12.9. The van der Waals surface area contributed by atoms with E-state index < -0.39 is 0 Å². The highest BCUT2D eigenvalue weighted by atomic mass is 16.5. The summed E-state index contributed by atoms with van der Waals surface area (Å²) < 4.78 is 12.5. The first kappa shape index (κ1) is 16.8. The van der Waals surface area contributed by atoms with Gasteiger partial charge in [-0.1, -0.05) is 6.07 Å². The molecular weight excluding hydrogens is 346 g/mol. The minimum absolute atomic E-state index is 0.258. The molecule has 0 saturated heterocycles. The summed E-state index contributed by atoms with van der Waals surface area (Å²) in [6.45, 7) is 3.71. The van der Waals surface area contributed by atoms with Gasteiger partial charge in [0.25, 0.3) is 5.91 Å². The fourth-order valence-corrected chi connectivity index (χ4v) is 3.01. The Kier molecular flexibility index (Phi) is 4.08. The summed E-state index contributed by atoms with van der Waals surface area (Å²) in [5, 5.41) is 14.8. The third-order valence-corrected chi connectivity index (χ3v) is 4.36.